The highest BCUT2D eigenvalue weighted by atomic mass is 16.6. The number of methoxy groups -OCH3 is 1. The molecule has 1 aromatic rings. The summed E-state index contributed by atoms with van der Waals surface area (Å²) in [5, 5.41) is 9.32. The SMILES string of the molecule is COc1cccc(C(C)CO)c1OC1CCOC1. The first-order valence-corrected chi connectivity index (χ1v) is 6.28. The molecule has 2 atom stereocenters. The van der Waals surface area contributed by atoms with Crippen LogP contribution < -0.4 is 9.47 Å². The molecule has 0 bridgehead atoms. The van der Waals surface area contributed by atoms with Gasteiger partial charge in [-0.2, -0.15) is 0 Å². The second-order valence-corrected chi connectivity index (χ2v) is 4.57. The van der Waals surface area contributed by atoms with E-state index < -0.39 is 0 Å². The van der Waals surface area contributed by atoms with E-state index in [1.165, 1.54) is 0 Å². The second-order valence-electron chi connectivity index (χ2n) is 4.57. The Balaban J connectivity index is 2.27. The molecule has 2 rings (SSSR count). The highest BCUT2D eigenvalue weighted by Gasteiger charge is 2.22. The molecule has 18 heavy (non-hydrogen) atoms. The first kappa shape index (κ1) is 13.2. The van der Waals surface area contributed by atoms with Crippen LogP contribution in [0.25, 0.3) is 0 Å². The predicted molar refractivity (Wildman–Crippen MR) is 68.3 cm³/mol. The molecule has 1 N–H and O–H groups in total. The topological polar surface area (TPSA) is 47.9 Å². The van der Waals surface area contributed by atoms with Gasteiger partial charge in [-0.1, -0.05) is 19.1 Å². The fourth-order valence-electron chi connectivity index (χ4n) is 2.08. The molecule has 4 nitrogen and oxygen atoms in total. The van der Waals surface area contributed by atoms with Gasteiger partial charge in [-0.05, 0) is 6.07 Å². The van der Waals surface area contributed by atoms with Gasteiger partial charge in [-0.3, -0.25) is 0 Å². The van der Waals surface area contributed by atoms with Crippen LogP contribution in [-0.4, -0.2) is 38.1 Å². The third-order valence-electron chi connectivity index (χ3n) is 3.21. The van der Waals surface area contributed by atoms with Crippen molar-refractivity contribution in [2.24, 2.45) is 0 Å². The lowest BCUT2D eigenvalue weighted by Crippen LogP contribution is -2.18. The maximum Gasteiger partial charge on any atom is 0.165 e. The van der Waals surface area contributed by atoms with Crippen LogP contribution in [0.1, 0.15) is 24.8 Å². The Morgan fingerprint density at radius 1 is 1.50 bits per heavy atom. The van der Waals surface area contributed by atoms with E-state index in [1.54, 1.807) is 7.11 Å². The lowest BCUT2D eigenvalue weighted by Gasteiger charge is -2.20. The molecular weight excluding hydrogens is 232 g/mol. The van der Waals surface area contributed by atoms with Crippen LogP contribution in [0.3, 0.4) is 0 Å². The largest absolute Gasteiger partial charge is 0.493 e. The van der Waals surface area contributed by atoms with Gasteiger partial charge in [0.2, 0.25) is 0 Å². The van der Waals surface area contributed by atoms with Gasteiger partial charge in [0.25, 0.3) is 0 Å². The maximum absolute atomic E-state index is 9.32. The molecule has 1 saturated heterocycles. The number of aliphatic hydroxyl groups excluding tert-OH is 1. The maximum atomic E-state index is 9.32. The molecule has 1 heterocycles. The number of hydrogen-bond donors (Lipinski definition) is 1. The number of para-hydroxylation sites is 1. The van der Waals surface area contributed by atoms with Crippen molar-refractivity contribution in [2.75, 3.05) is 26.9 Å². The monoisotopic (exact) mass is 252 g/mol. The Bertz CT molecular complexity index is 385. The van der Waals surface area contributed by atoms with Crippen molar-refractivity contribution in [2.45, 2.75) is 25.4 Å². The van der Waals surface area contributed by atoms with Crippen molar-refractivity contribution in [3.8, 4) is 11.5 Å². The summed E-state index contributed by atoms with van der Waals surface area (Å²) in [5.74, 6) is 1.47. The molecule has 100 valence electrons. The van der Waals surface area contributed by atoms with Gasteiger partial charge in [0.1, 0.15) is 6.10 Å². The fourth-order valence-corrected chi connectivity index (χ4v) is 2.08. The van der Waals surface area contributed by atoms with Crippen LogP contribution in [-0.2, 0) is 4.74 Å². The minimum absolute atomic E-state index is 0.0254. The van der Waals surface area contributed by atoms with Gasteiger partial charge >= 0.3 is 0 Å². The van der Waals surface area contributed by atoms with Crippen molar-refractivity contribution in [3.63, 3.8) is 0 Å². The van der Waals surface area contributed by atoms with Crippen LogP contribution in [0.15, 0.2) is 18.2 Å². The first-order valence-electron chi connectivity index (χ1n) is 6.28. The van der Waals surface area contributed by atoms with E-state index in [-0.39, 0.29) is 18.6 Å². The van der Waals surface area contributed by atoms with Crippen LogP contribution in [0.5, 0.6) is 11.5 Å². The summed E-state index contributed by atoms with van der Waals surface area (Å²) in [6.45, 7) is 3.41. The first-order chi connectivity index (χ1) is 8.76. The summed E-state index contributed by atoms with van der Waals surface area (Å²) in [6, 6.07) is 5.76. The van der Waals surface area contributed by atoms with E-state index in [0.717, 1.165) is 24.3 Å². The van der Waals surface area contributed by atoms with E-state index in [4.69, 9.17) is 14.2 Å². The van der Waals surface area contributed by atoms with Crippen molar-refractivity contribution >= 4 is 0 Å². The molecule has 1 aliphatic heterocycles. The Kier molecular flexibility index (Phi) is 4.44. The normalized spacial score (nSPS) is 20.7. The summed E-state index contributed by atoms with van der Waals surface area (Å²) in [5.41, 5.74) is 0.976. The number of ether oxygens (including phenoxy) is 3. The predicted octanol–water partition coefficient (Wildman–Crippen LogP) is 1.96. The second kappa shape index (κ2) is 6.07. The molecule has 1 fully saturated rings. The third-order valence-corrected chi connectivity index (χ3v) is 3.21. The summed E-state index contributed by atoms with van der Waals surface area (Å²) >= 11 is 0. The molecule has 1 aliphatic rings. The van der Waals surface area contributed by atoms with Crippen molar-refractivity contribution in [1.82, 2.24) is 0 Å². The van der Waals surface area contributed by atoms with Gasteiger partial charge in [0, 0.05) is 24.5 Å². The van der Waals surface area contributed by atoms with E-state index in [9.17, 15) is 5.11 Å². The summed E-state index contributed by atoms with van der Waals surface area (Å²) in [7, 11) is 1.63. The highest BCUT2D eigenvalue weighted by Crippen LogP contribution is 2.36. The number of hydrogen-bond acceptors (Lipinski definition) is 4. The number of aliphatic hydroxyl groups is 1. The molecule has 0 aliphatic carbocycles. The van der Waals surface area contributed by atoms with Crippen molar-refractivity contribution in [1.29, 1.82) is 0 Å². The Hall–Kier alpha value is -1.26. The zero-order chi connectivity index (χ0) is 13.0. The van der Waals surface area contributed by atoms with Crippen LogP contribution in [0.4, 0.5) is 0 Å². The van der Waals surface area contributed by atoms with Gasteiger partial charge < -0.3 is 19.3 Å². The molecule has 0 amide bonds. The summed E-state index contributed by atoms with van der Waals surface area (Å²) in [4.78, 5) is 0. The molecule has 4 heteroatoms. The number of benzene rings is 1. The molecule has 2 unspecified atom stereocenters. The van der Waals surface area contributed by atoms with Gasteiger partial charge in [-0.25, -0.2) is 0 Å². The smallest absolute Gasteiger partial charge is 0.165 e. The van der Waals surface area contributed by atoms with E-state index in [1.807, 2.05) is 25.1 Å². The lowest BCUT2D eigenvalue weighted by molar-refractivity contribution is 0.137. The zero-order valence-electron chi connectivity index (χ0n) is 10.9. The van der Waals surface area contributed by atoms with E-state index >= 15 is 0 Å². The van der Waals surface area contributed by atoms with Crippen LogP contribution in [0.2, 0.25) is 0 Å². The van der Waals surface area contributed by atoms with E-state index in [2.05, 4.69) is 0 Å². The van der Waals surface area contributed by atoms with E-state index in [0.29, 0.717) is 12.4 Å². The lowest BCUT2D eigenvalue weighted by atomic mass is 10.0. The third kappa shape index (κ3) is 2.76. The molecule has 1 aromatic carbocycles. The standard InChI is InChI=1S/C14H20O4/c1-10(8-15)12-4-3-5-13(16-2)14(12)18-11-6-7-17-9-11/h3-5,10-11,15H,6-9H2,1-2H3. The summed E-state index contributed by atoms with van der Waals surface area (Å²) in [6.07, 6.45) is 0.969. The number of rotatable bonds is 5. The molecule has 0 spiro atoms. The fraction of sp³-hybridized carbons (Fsp3) is 0.571. The van der Waals surface area contributed by atoms with Gasteiger partial charge in [0.05, 0.1) is 20.3 Å². The van der Waals surface area contributed by atoms with Gasteiger partial charge in [0.15, 0.2) is 11.5 Å². The molecular formula is C14H20O4. The summed E-state index contributed by atoms with van der Waals surface area (Å²) < 4.78 is 16.6. The van der Waals surface area contributed by atoms with Crippen LogP contribution >= 0.6 is 0 Å². The van der Waals surface area contributed by atoms with Crippen molar-refractivity contribution in [3.05, 3.63) is 23.8 Å². The minimum Gasteiger partial charge on any atom is -0.493 e. The van der Waals surface area contributed by atoms with Gasteiger partial charge in [-0.15, -0.1) is 0 Å². The minimum atomic E-state index is 0.0254. The Morgan fingerprint density at radius 3 is 2.94 bits per heavy atom. The Morgan fingerprint density at radius 2 is 2.33 bits per heavy atom. The average molecular weight is 252 g/mol. The quantitative estimate of drug-likeness (QED) is 0.870. The molecule has 0 saturated carbocycles. The Labute approximate surface area is 107 Å². The average Bonchev–Trinajstić information content (AvgIpc) is 2.91. The molecule has 0 radical (unpaired) electrons. The zero-order valence-corrected chi connectivity index (χ0v) is 10.9. The highest BCUT2D eigenvalue weighted by molar-refractivity contribution is 5.48. The molecule has 0 aromatic heterocycles. The van der Waals surface area contributed by atoms with Crippen molar-refractivity contribution < 1.29 is 19.3 Å². The van der Waals surface area contributed by atoms with Crippen LogP contribution in [0, 0.1) is 0 Å².